The number of aromatic nitrogens is 3. The van der Waals surface area contributed by atoms with Gasteiger partial charge in [-0.2, -0.15) is 5.10 Å². The second kappa shape index (κ2) is 8.43. The van der Waals surface area contributed by atoms with Gasteiger partial charge >= 0.3 is 0 Å². The number of nitrogens with zero attached hydrogens (tertiary/aromatic N) is 3. The number of amides is 1. The molecule has 0 radical (unpaired) electrons. The zero-order chi connectivity index (χ0) is 16.7. The summed E-state index contributed by atoms with van der Waals surface area (Å²) < 4.78 is 1.73. The molecular formula is C17H24N4O2. The summed E-state index contributed by atoms with van der Waals surface area (Å²) in [5.41, 5.74) is 2.24. The number of aliphatic hydroxyl groups excluding tert-OH is 1. The van der Waals surface area contributed by atoms with E-state index in [9.17, 15) is 4.79 Å². The summed E-state index contributed by atoms with van der Waals surface area (Å²) in [6, 6.07) is 3.69. The van der Waals surface area contributed by atoms with Crippen molar-refractivity contribution in [1.29, 1.82) is 0 Å². The van der Waals surface area contributed by atoms with Crippen LogP contribution in [0.4, 0.5) is 0 Å². The molecule has 6 heteroatoms. The van der Waals surface area contributed by atoms with E-state index in [1.807, 2.05) is 19.1 Å². The molecule has 2 aromatic rings. The topological polar surface area (TPSA) is 80.0 Å². The fraction of sp³-hybridized carbons (Fsp3) is 0.471. The van der Waals surface area contributed by atoms with Gasteiger partial charge in [-0.05, 0) is 37.8 Å². The van der Waals surface area contributed by atoms with E-state index in [2.05, 4.69) is 22.3 Å². The highest BCUT2D eigenvalue weighted by Crippen LogP contribution is 2.14. The molecule has 0 saturated heterocycles. The maximum absolute atomic E-state index is 12.4. The first-order valence-corrected chi connectivity index (χ1v) is 8.01. The number of hydrogen-bond donors (Lipinski definition) is 2. The Morgan fingerprint density at radius 3 is 2.74 bits per heavy atom. The molecule has 0 aromatic carbocycles. The standard InChI is InChI=1S/C17H24N4O2/c1-3-4-14(7-10-22)11-19-17(23)16-12-20-21(13(16)2)15-5-8-18-9-6-15/h5-6,8-9,12,14,22H,3-4,7,10-11H2,1-2H3,(H,19,23). The molecule has 6 nitrogen and oxygen atoms in total. The minimum Gasteiger partial charge on any atom is -0.396 e. The molecule has 2 N–H and O–H groups in total. The van der Waals surface area contributed by atoms with Crippen LogP contribution in [-0.4, -0.2) is 38.9 Å². The number of hydrogen-bond acceptors (Lipinski definition) is 4. The fourth-order valence-electron chi connectivity index (χ4n) is 2.65. The number of pyridine rings is 1. The second-order valence-corrected chi connectivity index (χ2v) is 5.64. The Balaban J connectivity index is 2.04. The van der Waals surface area contributed by atoms with Crippen LogP contribution in [0.15, 0.2) is 30.7 Å². The van der Waals surface area contributed by atoms with Crippen molar-refractivity contribution in [3.63, 3.8) is 0 Å². The number of carbonyl (C=O) groups excluding carboxylic acids is 1. The summed E-state index contributed by atoms with van der Waals surface area (Å²) in [4.78, 5) is 16.4. The lowest BCUT2D eigenvalue weighted by Crippen LogP contribution is -2.30. The molecule has 0 saturated carbocycles. The second-order valence-electron chi connectivity index (χ2n) is 5.64. The third kappa shape index (κ3) is 4.39. The van der Waals surface area contributed by atoms with Gasteiger partial charge in [-0.15, -0.1) is 0 Å². The smallest absolute Gasteiger partial charge is 0.254 e. The van der Waals surface area contributed by atoms with Crippen LogP contribution in [0.1, 0.15) is 42.2 Å². The molecule has 0 aliphatic carbocycles. The van der Waals surface area contributed by atoms with Crippen molar-refractivity contribution in [2.75, 3.05) is 13.2 Å². The summed E-state index contributed by atoms with van der Waals surface area (Å²) in [7, 11) is 0. The molecule has 124 valence electrons. The van der Waals surface area contributed by atoms with E-state index in [0.29, 0.717) is 24.4 Å². The van der Waals surface area contributed by atoms with E-state index in [-0.39, 0.29) is 12.5 Å². The molecule has 0 bridgehead atoms. The highest BCUT2D eigenvalue weighted by atomic mass is 16.3. The van der Waals surface area contributed by atoms with Crippen molar-refractivity contribution in [2.24, 2.45) is 5.92 Å². The quantitative estimate of drug-likeness (QED) is 0.781. The zero-order valence-electron chi connectivity index (χ0n) is 13.7. The van der Waals surface area contributed by atoms with Crippen molar-refractivity contribution >= 4 is 5.91 Å². The lowest BCUT2D eigenvalue weighted by molar-refractivity contribution is 0.0942. The Bertz CT molecular complexity index is 619. The van der Waals surface area contributed by atoms with Gasteiger partial charge in [-0.25, -0.2) is 4.68 Å². The van der Waals surface area contributed by atoms with Gasteiger partial charge in [0.05, 0.1) is 23.1 Å². The van der Waals surface area contributed by atoms with E-state index >= 15 is 0 Å². The van der Waals surface area contributed by atoms with Gasteiger partial charge in [0.25, 0.3) is 5.91 Å². The van der Waals surface area contributed by atoms with Crippen LogP contribution in [0.2, 0.25) is 0 Å². The molecule has 2 heterocycles. The average molecular weight is 316 g/mol. The number of aliphatic hydroxyl groups is 1. The molecule has 1 atom stereocenters. The first-order valence-electron chi connectivity index (χ1n) is 8.01. The predicted octanol–water partition coefficient (Wildman–Crippen LogP) is 2.10. The molecule has 0 spiro atoms. The SMILES string of the molecule is CCCC(CCO)CNC(=O)c1cnn(-c2ccncc2)c1C. The Kier molecular flexibility index (Phi) is 6.29. The van der Waals surface area contributed by atoms with Gasteiger partial charge in [0.15, 0.2) is 0 Å². The van der Waals surface area contributed by atoms with Gasteiger partial charge in [0.2, 0.25) is 0 Å². The van der Waals surface area contributed by atoms with Crippen molar-refractivity contribution in [3.05, 3.63) is 42.0 Å². The summed E-state index contributed by atoms with van der Waals surface area (Å²) in [6.45, 7) is 4.71. The van der Waals surface area contributed by atoms with Gasteiger partial charge in [-0.3, -0.25) is 9.78 Å². The van der Waals surface area contributed by atoms with Gasteiger partial charge < -0.3 is 10.4 Å². The third-order valence-corrected chi connectivity index (χ3v) is 3.95. The van der Waals surface area contributed by atoms with Crippen LogP contribution in [-0.2, 0) is 0 Å². The van der Waals surface area contributed by atoms with Gasteiger partial charge in [0, 0.05) is 25.5 Å². The van der Waals surface area contributed by atoms with Gasteiger partial charge in [-0.1, -0.05) is 13.3 Å². The van der Waals surface area contributed by atoms with Crippen LogP contribution in [0.5, 0.6) is 0 Å². The summed E-state index contributed by atoms with van der Waals surface area (Å²) in [6.07, 6.45) is 7.73. The Hall–Kier alpha value is -2.21. The van der Waals surface area contributed by atoms with Crippen molar-refractivity contribution in [3.8, 4) is 5.69 Å². The lowest BCUT2D eigenvalue weighted by atomic mass is 10.00. The van der Waals surface area contributed by atoms with Crippen molar-refractivity contribution in [2.45, 2.75) is 33.1 Å². The third-order valence-electron chi connectivity index (χ3n) is 3.95. The number of nitrogens with one attached hydrogen (secondary N) is 1. The molecule has 0 aliphatic rings. The van der Waals surface area contributed by atoms with E-state index in [1.54, 1.807) is 23.3 Å². The first kappa shape index (κ1) is 17.1. The van der Waals surface area contributed by atoms with E-state index in [1.165, 1.54) is 0 Å². The highest BCUT2D eigenvalue weighted by Gasteiger charge is 2.16. The highest BCUT2D eigenvalue weighted by molar-refractivity contribution is 5.95. The summed E-state index contributed by atoms with van der Waals surface area (Å²) in [5.74, 6) is 0.186. The van der Waals surface area contributed by atoms with Crippen LogP contribution >= 0.6 is 0 Å². The minimum atomic E-state index is -0.123. The number of rotatable bonds is 8. The normalized spacial score (nSPS) is 12.1. The molecular weight excluding hydrogens is 292 g/mol. The predicted molar refractivity (Wildman–Crippen MR) is 88.5 cm³/mol. The first-order chi connectivity index (χ1) is 11.2. The van der Waals surface area contributed by atoms with Crippen molar-refractivity contribution < 1.29 is 9.90 Å². The van der Waals surface area contributed by atoms with Crippen LogP contribution < -0.4 is 5.32 Å². The number of carbonyl (C=O) groups is 1. The summed E-state index contributed by atoms with van der Waals surface area (Å²) in [5, 5.41) is 16.3. The van der Waals surface area contributed by atoms with Crippen LogP contribution in [0, 0.1) is 12.8 Å². The molecule has 1 unspecified atom stereocenters. The molecule has 1 amide bonds. The van der Waals surface area contributed by atoms with E-state index in [4.69, 9.17) is 5.11 Å². The Labute approximate surface area is 136 Å². The van der Waals surface area contributed by atoms with Crippen LogP contribution in [0.25, 0.3) is 5.69 Å². The van der Waals surface area contributed by atoms with Crippen LogP contribution in [0.3, 0.4) is 0 Å². The Morgan fingerprint density at radius 1 is 1.35 bits per heavy atom. The maximum Gasteiger partial charge on any atom is 0.254 e. The molecule has 23 heavy (non-hydrogen) atoms. The molecule has 2 rings (SSSR count). The molecule has 2 aromatic heterocycles. The monoisotopic (exact) mass is 316 g/mol. The van der Waals surface area contributed by atoms with E-state index in [0.717, 1.165) is 24.2 Å². The zero-order valence-corrected chi connectivity index (χ0v) is 13.7. The maximum atomic E-state index is 12.4. The fourth-order valence-corrected chi connectivity index (χ4v) is 2.65. The molecule has 0 fully saturated rings. The summed E-state index contributed by atoms with van der Waals surface area (Å²) >= 11 is 0. The van der Waals surface area contributed by atoms with E-state index < -0.39 is 0 Å². The average Bonchev–Trinajstić information content (AvgIpc) is 2.95. The van der Waals surface area contributed by atoms with Crippen molar-refractivity contribution in [1.82, 2.24) is 20.1 Å². The largest absolute Gasteiger partial charge is 0.396 e. The molecule has 0 aliphatic heterocycles. The Morgan fingerprint density at radius 2 is 2.09 bits per heavy atom. The van der Waals surface area contributed by atoms with Gasteiger partial charge in [0.1, 0.15) is 0 Å². The lowest BCUT2D eigenvalue weighted by Gasteiger charge is -2.15. The minimum absolute atomic E-state index is 0.123.